The van der Waals surface area contributed by atoms with Gasteiger partial charge in [0.25, 0.3) is 0 Å². The largest absolute Gasteiger partial charge is 0.496 e. The van der Waals surface area contributed by atoms with Gasteiger partial charge in [-0.05, 0) is 18.2 Å². The van der Waals surface area contributed by atoms with Gasteiger partial charge in [-0.1, -0.05) is 13.0 Å². The lowest BCUT2D eigenvalue weighted by atomic mass is 9.97. The molecule has 4 nitrogen and oxygen atoms in total. The highest BCUT2D eigenvalue weighted by Crippen LogP contribution is 2.37. The van der Waals surface area contributed by atoms with E-state index in [1.165, 1.54) is 0 Å². The monoisotopic (exact) mass is 261 g/mol. The van der Waals surface area contributed by atoms with Crippen molar-refractivity contribution in [2.24, 2.45) is 5.73 Å². The van der Waals surface area contributed by atoms with Crippen LogP contribution in [0.1, 0.15) is 29.9 Å². The van der Waals surface area contributed by atoms with Crippen molar-refractivity contribution in [1.29, 1.82) is 0 Å². The third-order valence-electron chi connectivity index (χ3n) is 3.21. The van der Waals surface area contributed by atoms with Crippen molar-refractivity contribution in [2.75, 3.05) is 14.2 Å². The van der Waals surface area contributed by atoms with Crippen LogP contribution in [-0.2, 0) is 6.42 Å². The number of hydrogen-bond acceptors (Lipinski definition) is 4. The van der Waals surface area contributed by atoms with Gasteiger partial charge >= 0.3 is 0 Å². The Morgan fingerprint density at radius 3 is 2.32 bits per heavy atom. The molecule has 102 valence electrons. The van der Waals surface area contributed by atoms with Crippen LogP contribution < -0.4 is 15.2 Å². The Bertz CT molecular complexity index is 526. The molecule has 1 heterocycles. The maximum absolute atomic E-state index is 6.37. The van der Waals surface area contributed by atoms with E-state index in [1.54, 1.807) is 20.5 Å². The lowest BCUT2D eigenvalue weighted by Crippen LogP contribution is -2.15. The summed E-state index contributed by atoms with van der Waals surface area (Å²) in [6.45, 7) is 2.04. The van der Waals surface area contributed by atoms with Gasteiger partial charge < -0.3 is 19.6 Å². The van der Waals surface area contributed by atoms with Crippen molar-refractivity contribution < 1.29 is 13.9 Å². The summed E-state index contributed by atoms with van der Waals surface area (Å²) >= 11 is 0. The Labute approximate surface area is 113 Å². The number of ether oxygens (including phenoxy) is 2. The van der Waals surface area contributed by atoms with Crippen molar-refractivity contribution in [1.82, 2.24) is 0 Å². The van der Waals surface area contributed by atoms with E-state index in [-0.39, 0.29) is 6.04 Å². The van der Waals surface area contributed by atoms with E-state index in [4.69, 9.17) is 19.6 Å². The van der Waals surface area contributed by atoms with Crippen LogP contribution in [0.4, 0.5) is 0 Å². The first-order chi connectivity index (χ1) is 9.22. The summed E-state index contributed by atoms with van der Waals surface area (Å²) in [4.78, 5) is 0. The molecule has 0 saturated heterocycles. The van der Waals surface area contributed by atoms with Crippen LogP contribution in [0.25, 0.3) is 0 Å². The molecule has 0 aliphatic heterocycles. The smallest absolute Gasteiger partial charge is 0.127 e. The van der Waals surface area contributed by atoms with Gasteiger partial charge in [0.1, 0.15) is 17.3 Å². The summed E-state index contributed by atoms with van der Waals surface area (Å²) < 4.78 is 16.2. The molecule has 0 amide bonds. The average Bonchev–Trinajstić information content (AvgIpc) is 2.93. The Kier molecular flexibility index (Phi) is 4.12. The Hall–Kier alpha value is -1.94. The second-order valence-electron chi connectivity index (χ2n) is 4.21. The van der Waals surface area contributed by atoms with Crippen LogP contribution in [0, 0.1) is 0 Å². The van der Waals surface area contributed by atoms with Crippen molar-refractivity contribution in [3.05, 3.63) is 47.4 Å². The van der Waals surface area contributed by atoms with Gasteiger partial charge in [0.05, 0.1) is 32.1 Å². The van der Waals surface area contributed by atoms with Crippen molar-refractivity contribution in [3.63, 3.8) is 0 Å². The molecule has 1 aromatic carbocycles. The van der Waals surface area contributed by atoms with E-state index in [1.807, 2.05) is 31.2 Å². The molecule has 2 N–H and O–H groups in total. The third-order valence-corrected chi connectivity index (χ3v) is 3.21. The van der Waals surface area contributed by atoms with Gasteiger partial charge in [-0.15, -0.1) is 0 Å². The Morgan fingerprint density at radius 2 is 1.79 bits per heavy atom. The van der Waals surface area contributed by atoms with Crippen LogP contribution in [-0.4, -0.2) is 14.2 Å². The summed E-state index contributed by atoms with van der Waals surface area (Å²) in [5.41, 5.74) is 8.17. The molecular formula is C15H19NO3. The number of rotatable bonds is 5. The predicted octanol–water partition coefficient (Wildman–Crippen LogP) is 2.91. The van der Waals surface area contributed by atoms with Gasteiger partial charge in [-0.2, -0.15) is 0 Å². The fourth-order valence-corrected chi connectivity index (χ4v) is 2.26. The molecule has 1 aromatic heterocycles. The molecule has 2 rings (SSSR count). The number of benzene rings is 1. The SMILES string of the molecule is CCc1occc1C(N)c1c(OC)cccc1OC. The molecule has 1 atom stereocenters. The van der Waals surface area contributed by atoms with Crippen LogP contribution in [0.3, 0.4) is 0 Å². The topological polar surface area (TPSA) is 57.6 Å². The molecule has 1 unspecified atom stereocenters. The number of furan rings is 1. The zero-order valence-corrected chi connectivity index (χ0v) is 11.5. The average molecular weight is 261 g/mol. The Balaban J connectivity index is 2.51. The van der Waals surface area contributed by atoms with Gasteiger partial charge in [0.15, 0.2) is 0 Å². The second kappa shape index (κ2) is 5.80. The van der Waals surface area contributed by atoms with Crippen LogP contribution >= 0.6 is 0 Å². The predicted molar refractivity (Wildman–Crippen MR) is 73.7 cm³/mol. The van der Waals surface area contributed by atoms with Crippen LogP contribution in [0.5, 0.6) is 11.5 Å². The first-order valence-corrected chi connectivity index (χ1v) is 6.25. The van der Waals surface area contributed by atoms with E-state index < -0.39 is 0 Å². The fraction of sp³-hybridized carbons (Fsp3) is 0.333. The van der Waals surface area contributed by atoms with E-state index in [0.717, 1.165) is 34.8 Å². The van der Waals surface area contributed by atoms with Crippen molar-refractivity contribution >= 4 is 0 Å². The van der Waals surface area contributed by atoms with E-state index in [0.29, 0.717) is 0 Å². The number of methoxy groups -OCH3 is 2. The minimum Gasteiger partial charge on any atom is -0.496 e. The minimum absolute atomic E-state index is 0.334. The molecule has 0 radical (unpaired) electrons. The normalized spacial score (nSPS) is 12.2. The molecule has 0 saturated carbocycles. The zero-order valence-electron chi connectivity index (χ0n) is 11.5. The summed E-state index contributed by atoms with van der Waals surface area (Å²) in [5.74, 6) is 2.32. The highest BCUT2D eigenvalue weighted by Gasteiger charge is 2.22. The maximum atomic E-state index is 6.37. The summed E-state index contributed by atoms with van der Waals surface area (Å²) in [6, 6.07) is 7.20. The molecule has 0 spiro atoms. The third kappa shape index (κ3) is 2.44. The van der Waals surface area contributed by atoms with E-state index in [9.17, 15) is 0 Å². The van der Waals surface area contributed by atoms with Crippen LogP contribution in [0.2, 0.25) is 0 Å². The molecule has 0 aliphatic rings. The summed E-state index contributed by atoms with van der Waals surface area (Å²) in [7, 11) is 3.25. The molecular weight excluding hydrogens is 242 g/mol. The lowest BCUT2D eigenvalue weighted by molar-refractivity contribution is 0.382. The standard InChI is InChI=1S/C15H19NO3/c1-4-11-10(8-9-19-11)15(16)14-12(17-2)6-5-7-13(14)18-3/h5-9,15H,4,16H2,1-3H3. The number of nitrogens with two attached hydrogens (primary N) is 1. The highest BCUT2D eigenvalue weighted by molar-refractivity contribution is 5.50. The maximum Gasteiger partial charge on any atom is 0.127 e. The molecule has 0 fully saturated rings. The first kappa shape index (κ1) is 13.5. The van der Waals surface area contributed by atoms with E-state index in [2.05, 4.69) is 0 Å². The van der Waals surface area contributed by atoms with Crippen molar-refractivity contribution in [2.45, 2.75) is 19.4 Å². The first-order valence-electron chi connectivity index (χ1n) is 6.25. The van der Waals surface area contributed by atoms with Crippen LogP contribution in [0.15, 0.2) is 34.9 Å². The summed E-state index contributed by atoms with van der Waals surface area (Å²) in [5, 5.41) is 0. The fourth-order valence-electron chi connectivity index (χ4n) is 2.26. The lowest BCUT2D eigenvalue weighted by Gasteiger charge is -2.18. The number of hydrogen-bond donors (Lipinski definition) is 1. The zero-order chi connectivity index (χ0) is 13.8. The molecule has 0 aliphatic carbocycles. The minimum atomic E-state index is -0.334. The Morgan fingerprint density at radius 1 is 1.16 bits per heavy atom. The highest BCUT2D eigenvalue weighted by atomic mass is 16.5. The number of aryl methyl sites for hydroxylation is 1. The quantitative estimate of drug-likeness (QED) is 0.899. The molecule has 0 bridgehead atoms. The van der Waals surface area contributed by atoms with Gasteiger partial charge in [0, 0.05) is 12.0 Å². The van der Waals surface area contributed by atoms with Crippen molar-refractivity contribution in [3.8, 4) is 11.5 Å². The van der Waals surface area contributed by atoms with Gasteiger partial charge in [-0.3, -0.25) is 0 Å². The molecule has 19 heavy (non-hydrogen) atoms. The van der Waals surface area contributed by atoms with Gasteiger partial charge in [-0.25, -0.2) is 0 Å². The summed E-state index contributed by atoms with van der Waals surface area (Å²) in [6.07, 6.45) is 2.46. The second-order valence-corrected chi connectivity index (χ2v) is 4.21. The van der Waals surface area contributed by atoms with Gasteiger partial charge in [0.2, 0.25) is 0 Å². The van der Waals surface area contributed by atoms with E-state index >= 15 is 0 Å². The molecule has 2 aromatic rings. The molecule has 4 heteroatoms.